The lowest BCUT2D eigenvalue weighted by molar-refractivity contribution is 0.0163. The standard InChI is InChI=1S/C17H32/c1-7-10(2)17-13(5)11(3)8-16(14(17)6)15-9-12(15)4/h10-17H,7-9H2,1-6H3. The third kappa shape index (κ3) is 2.42. The van der Waals surface area contributed by atoms with Crippen LogP contribution in [-0.4, -0.2) is 0 Å². The van der Waals surface area contributed by atoms with Gasteiger partial charge in [0, 0.05) is 0 Å². The van der Waals surface area contributed by atoms with E-state index in [2.05, 4.69) is 41.5 Å². The van der Waals surface area contributed by atoms with Crippen LogP contribution in [0.1, 0.15) is 60.8 Å². The molecule has 0 nitrogen and oxygen atoms in total. The normalized spacial score (nSPS) is 52.2. The first-order valence-corrected chi connectivity index (χ1v) is 7.97. The summed E-state index contributed by atoms with van der Waals surface area (Å²) >= 11 is 0. The average molecular weight is 236 g/mol. The highest BCUT2D eigenvalue weighted by Crippen LogP contribution is 2.56. The summed E-state index contributed by atoms with van der Waals surface area (Å²) in [6.07, 6.45) is 4.38. The summed E-state index contributed by atoms with van der Waals surface area (Å²) < 4.78 is 0. The first-order chi connectivity index (χ1) is 7.97. The van der Waals surface area contributed by atoms with Gasteiger partial charge in [-0.15, -0.1) is 0 Å². The van der Waals surface area contributed by atoms with Gasteiger partial charge < -0.3 is 0 Å². The van der Waals surface area contributed by atoms with Crippen LogP contribution >= 0.6 is 0 Å². The second-order valence-electron chi connectivity index (χ2n) is 7.43. The predicted octanol–water partition coefficient (Wildman–Crippen LogP) is 5.23. The Kier molecular flexibility index (Phi) is 3.90. The summed E-state index contributed by atoms with van der Waals surface area (Å²) in [6, 6.07) is 0. The first-order valence-electron chi connectivity index (χ1n) is 7.97. The van der Waals surface area contributed by atoms with E-state index in [-0.39, 0.29) is 0 Å². The van der Waals surface area contributed by atoms with Crippen molar-refractivity contribution in [2.24, 2.45) is 47.3 Å². The maximum atomic E-state index is 2.56. The van der Waals surface area contributed by atoms with Crippen molar-refractivity contribution in [3.8, 4) is 0 Å². The molecule has 2 saturated carbocycles. The van der Waals surface area contributed by atoms with Gasteiger partial charge in [-0.1, -0.05) is 48.0 Å². The molecule has 8 atom stereocenters. The lowest BCUT2D eigenvalue weighted by Crippen LogP contribution is -2.40. The fourth-order valence-electron chi connectivity index (χ4n) is 4.82. The van der Waals surface area contributed by atoms with Crippen LogP contribution in [0.5, 0.6) is 0 Å². The van der Waals surface area contributed by atoms with Crippen molar-refractivity contribution in [3.05, 3.63) is 0 Å². The summed E-state index contributed by atoms with van der Waals surface area (Å²) in [5, 5.41) is 0. The largest absolute Gasteiger partial charge is 0.0651 e. The van der Waals surface area contributed by atoms with Gasteiger partial charge in [0.15, 0.2) is 0 Å². The molecule has 0 heteroatoms. The van der Waals surface area contributed by atoms with Gasteiger partial charge in [0.2, 0.25) is 0 Å². The van der Waals surface area contributed by atoms with Gasteiger partial charge in [0.05, 0.1) is 0 Å². The molecule has 2 fully saturated rings. The Morgan fingerprint density at radius 1 is 0.882 bits per heavy atom. The molecule has 8 unspecified atom stereocenters. The van der Waals surface area contributed by atoms with E-state index < -0.39 is 0 Å². The summed E-state index contributed by atoms with van der Waals surface area (Å²) in [5.41, 5.74) is 0. The molecule has 2 aliphatic rings. The molecule has 17 heavy (non-hydrogen) atoms. The molecule has 0 aliphatic heterocycles. The molecule has 0 saturated heterocycles. The van der Waals surface area contributed by atoms with E-state index in [0.717, 1.165) is 47.3 Å². The van der Waals surface area contributed by atoms with Crippen molar-refractivity contribution in [1.29, 1.82) is 0 Å². The third-order valence-corrected chi connectivity index (χ3v) is 6.45. The van der Waals surface area contributed by atoms with Gasteiger partial charge in [-0.2, -0.15) is 0 Å². The van der Waals surface area contributed by atoms with Crippen LogP contribution in [0, 0.1) is 47.3 Å². The van der Waals surface area contributed by atoms with E-state index in [0.29, 0.717) is 0 Å². The third-order valence-electron chi connectivity index (χ3n) is 6.45. The van der Waals surface area contributed by atoms with Crippen LogP contribution in [0.25, 0.3) is 0 Å². The van der Waals surface area contributed by atoms with E-state index in [1.807, 2.05) is 0 Å². The molecule has 0 radical (unpaired) electrons. The topological polar surface area (TPSA) is 0 Å². The second kappa shape index (κ2) is 4.94. The van der Waals surface area contributed by atoms with Crippen molar-refractivity contribution < 1.29 is 0 Å². The number of hydrogen-bond donors (Lipinski definition) is 0. The molecule has 100 valence electrons. The molecule has 0 aromatic heterocycles. The van der Waals surface area contributed by atoms with E-state index in [4.69, 9.17) is 0 Å². The highest BCUT2D eigenvalue weighted by molar-refractivity contribution is 4.97. The number of hydrogen-bond acceptors (Lipinski definition) is 0. The Morgan fingerprint density at radius 3 is 1.94 bits per heavy atom. The van der Waals surface area contributed by atoms with E-state index in [9.17, 15) is 0 Å². The van der Waals surface area contributed by atoms with Crippen molar-refractivity contribution >= 4 is 0 Å². The van der Waals surface area contributed by atoms with E-state index >= 15 is 0 Å². The number of rotatable bonds is 3. The minimum absolute atomic E-state index is 0.916. The molecule has 0 amide bonds. The maximum absolute atomic E-state index is 2.56. The molecule has 0 heterocycles. The lowest BCUT2D eigenvalue weighted by atomic mass is 9.58. The van der Waals surface area contributed by atoms with Crippen LogP contribution in [0.4, 0.5) is 0 Å². The Labute approximate surface area is 109 Å². The van der Waals surface area contributed by atoms with Gasteiger partial charge in [0.25, 0.3) is 0 Å². The molecular weight excluding hydrogens is 204 g/mol. The Hall–Kier alpha value is 0. The molecule has 2 rings (SSSR count). The van der Waals surface area contributed by atoms with E-state index in [1.165, 1.54) is 19.3 Å². The lowest BCUT2D eigenvalue weighted by Gasteiger charge is -2.47. The van der Waals surface area contributed by atoms with Gasteiger partial charge in [0.1, 0.15) is 0 Å². The van der Waals surface area contributed by atoms with Crippen molar-refractivity contribution in [2.45, 2.75) is 60.8 Å². The molecular formula is C17H32. The molecule has 0 aromatic carbocycles. The summed E-state index contributed by atoms with van der Waals surface area (Å²) in [5.74, 6) is 7.88. The maximum Gasteiger partial charge on any atom is -0.0332 e. The quantitative estimate of drug-likeness (QED) is 0.629. The minimum atomic E-state index is 0.916. The van der Waals surface area contributed by atoms with Crippen molar-refractivity contribution in [3.63, 3.8) is 0 Å². The Bertz CT molecular complexity index is 257. The SMILES string of the molecule is CCC(C)C1C(C)C(C)CC(C2CC2C)C1C. The predicted molar refractivity (Wildman–Crippen MR) is 75.8 cm³/mol. The highest BCUT2D eigenvalue weighted by atomic mass is 14.5. The Morgan fingerprint density at radius 2 is 1.47 bits per heavy atom. The smallest absolute Gasteiger partial charge is 0.0332 e. The zero-order chi connectivity index (χ0) is 12.7. The second-order valence-corrected chi connectivity index (χ2v) is 7.43. The van der Waals surface area contributed by atoms with Gasteiger partial charge in [-0.25, -0.2) is 0 Å². The highest BCUT2D eigenvalue weighted by Gasteiger charge is 2.48. The van der Waals surface area contributed by atoms with Gasteiger partial charge in [-0.05, 0) is 60.2 Å². The minimum Gasteiger partial charge on any atom is -0.0651 e. The summed E-state index contributed by atoms with van der Waals surface area (Å²) in [6.45, 7) is 14.9. The molecule has 0 aromatic rings. The van der Waals surface area contributed by atoms with E-state index in [1.54, 1.807) is 0 Å². The van der Waals surface area contributed by atoms with Gasteiger partial charge in [-0.3, -0.25) is 0 Å². The van der Waals surface area contributed by atoms with Gasteiger partial charge >= 0.3 is 0 Å². The Balaban J connectivity index is 2.12. The fourth-order valence-corrected chi connectivity index (χ4v) is 4.82. The summed E-state index contributed by atoms with van der Waals surface area (Å²) in [7, 11) is 0. The molecule has 2 aliphatic carbocycles. The summed E-state index contributed by atoms with van der Waals surface area (Å²) in [4.78, 5) is 0. The monoisotopic (exact) mass is 236 g/mol. The zero-order valence-electron chi connectivity index (χ0n) is 12.7. The zero-order valence-corrected chi connectivity index (χ0v) is 12.7. The van der Waals surface area contributed by atoms with Crippen molar-refractivity contribution in [2.75, 3.05) is 0 Å². The average Bonchev–Trinajstić information content (AvgIpc) is 3.00. The fraction of sp³-hybridized carbons (Fsp3) is 1.00. The van der Waals surface area contributed by atoms with Crippen LogP contribution in [0.2, 0.25) is 0 Å². The van der Waals surface area contributed by atoms with Crippen molar-refractivity contribution in [1.82, 2.24) is 0 Å². The van der Waals surface area contributed by atoms with Crippen LogP contribution in [0.15, 0.2) is 0 Å². The molecule has 0 bridgehead atoms. The molecule has 0 N–H and O–H groups in total. The van der Waals surface area contributed by atoms with Crippen LogP contribution < -0.4 is 0 Å². The molecule has 0 spiro atoms. The first kappa shape index (κ1) is 13.4. The van der Waals surface area contributed by atoms with Crippen LogP contribution in [-0.2, 0) is 0 Å². The van der Waals surface area contributed by atoms with Crippen LogP contribution in [0.3, 0.4) is 0 Å².